The molecule has 2 aliphatic heterocycles. The monoisotopic (exact) mass is 397 g/mol. The van der Waals surface area contributed by atoms with Crippen LogP contribution >= 0.6 is 0 Å². The molecule has 29 heavy (non-hydrogen) atoms. The van der Waals surface area contributed by atoms with Gasteiger partial charge in [-0.1, -0.05) is 62.2 Å². The fraction of sp³-hybridized carbons (Fsp3) is 0.640. The number of ether oxygens (including phenoxy) is 2. The number of likely N-dealkylation sites (tertiary alicyclic amines) is 1. The summed E-state index contributed by atoms with van der Waals surface area (Å²) in [6.07, 6.45) is 6.11. The number of nitrogens with zero attached hydrogens (tertiary/aromatic N) is 1. The van der Waals surface area contributed by atoms with Gasteiger partial charge in [0.15, 0.2) is 0 Å². The first kappa shape index (κ1) is 20.6. The lowest BCUT2D eigenvalue weighted by Crippen LogP contribution is -2.54. The molecule has 0 amide bonds. The van der Waals surface area contributed by atoms with Crippen LogP contribution in [0.15, 0.2) is 42.0 Å². The van der Waals surface area contributed by atoms with Crippen LogP contribution in [0.1, 0.15) is 51.7 Å². The second kappa shape index (κ2) is 8.61. The topological polar surface area (TPSA) is 38.8 Å². The normalized spacial score (nSPS) is 35.1. The standard InChI is InChI=1S/C25H35NO3/c1-18-14-19(2)25(16-28-22(27)15-26-12-8-5-9-13-26)17-29-24(23(18)20(25)3)21-10-6-4-7-11-21/h4,6-7,10-11,14,19-20,23-24H,5,8-9,12-13,15-17H2,1-3H3/t19-,20-,23+,24+,25+/m1/s1. The molecule has 2 heterocycles. The summed E-state index contributed by atoms with van der Waals surface area (Å²) >= 11 is 0. The van der Waals surface area contributed by atoms with Crippen LogP contribution in [0, 0.1) is 23.2 Å². The second-order valence-corrected chi connectivity index (χ2v) is 9.39. The lowest BCUT2D eigenvalue weighted by atomic mass is 9.56. The van der Waals surface area contributed by atoms with E-state index < -0.39 is 0 Å². The average molecular weight is 398 g/mol. The maximum absolute atomic E-state index is 12.6. The van der Waals surface area contributed by atoms with E-state index in [1.807, 2.05) is 6.07 Å². The van der Waals surface area contributed by atoms with Crippen molar-refractivity contribution < 1.29 is 14.3 Å². The van der Waals surface area contributed by atoms with Gasteiger partial charge in [-0.25, -0.2) is 0 Å². The predicted octanol–water partition coefficient (Wildman–Crippen LogP) is 4.62. The van der Waals surface area contributed by atoms with Crippen LogP contribution in [0.5, 0.6) is 0 Å². The Labute approximate surface area is 175 Å². The van der Waals surface area contributed by atoms with Gasteiger partial charge in [0.2, 0.25) is 0 Å². The molecule has 4 nitrogen and oxygen atoms in total. The lowest BCUT2D eigenvalue weighted by Gasteiger charge is -2.55. The minimum Gasteiger partial charge on any atom is -0.464 e. The molecular formula is C25H35NO3. The first-order chi connectivity index (χ1) is 14.0. The molecule has 2 fully saturated rings. The summed E-state index contributed by atoms with van der Waals surface area (Å²) in [5, 5.41) is 0. The van der Waals surface area contributed by atoms with Gasteiger partial charge in [-0.2, -0.15) is 0 Å². The van der Waals surface area contributed by atoms with Gasteiger partial charge in [-0.3, -0.25) is 9.69 Å². The van der Waals surface area contributed by atoms with Gasteiger partial charge in [0.1, 0.15) is 0 Å². The molecule has 2 saturated heterocycles. The summed E-state index contributed by atoms with van der Waals surface area (Å²) in [5.41, 5.74) is 2.49. The van der Waals surface area contributed by atoms with Crippen molar-refractivity contribution in [2.45, 2.75) is 46.1 Å². The fourth-order valence-corrected chi connectivity index (χ4v) is 5.76. The second-order valence-electron chi connectivity index (χ2n) is 9.39. The highest BCUT2D eigenvalue weighted by molar-refractivity contribution is 5.71. The Kier molecular flexibility index (Phi) is 6.12. The number of carbonyl (C=O) groups is 1. The zero-order valence-corrected chi connectivity index (χ0v) is 18.1. The van der Waals surface area contributed by atoms with E-state index >= 15 is 0 Å². The van der Waals surface area contributed by atoms with Crippen molar-refractivity contribution in [1.29, 1.82) is 0 Å². The Morgan fingerprint density at radius 1 is 1.17 bits per heavy atom. The third-order valence-corrected chi connectivity index (χ3v) is 7.68. The van der Waals surface area contributed by atoms with Gasteiger partial charge in [0.05, 0.1) is 25.9 Å². The van der Waals surface area contributed by atoms with E-state index in [4.69, 9.17) is 9.47 Å². The van der Waals surface area contributed by atoms with Crippen molar-refractivity contribution in [3.05, 3.63) is 47.5 Å². The molecule has 4 rings (SSSR count). The Bertz CT molecular complexity index is 740. The van der Waals surface area contributed by atoms with Crippen LogP contribution in [0.2, 0.25) is 0 Å². The first-order valence-electron chi connectivity index (χ1n) is 11.2. The SMILES string of the molecule is CC1=C[C@@H](C)[C@]2(COC(=O)CN3CCCCC3)CO[C@@H](c3ccccc3)[C@@H]1[C@H]2C. The molecule has 1 aromatic rings. The van der Waals surface area contributed by atoms with E-state index in [2.05, 4.69) is 56.0 Å². The molecule has 3 aliphatic rings. The number of allylic oxidation sites excluding steroid dienone is 1. The van der Waals surface area contributed by atoms with Gasteiger partial charge in [0.25, 0.3) is 0 Å². The molecule has 5 atom stereocenters. The van der Waals surface area contributed by atoms with Gasteiger partial charge in [0, 0.05) is 11.3 Å². The third-order valence-electron chi connectivity index (χ3n) is 7.68. The molecule has 0 unspecified atom stereocenters. The molecule has 0 radical (unpaired) electrons. The number of hydrogen-bond acceptors (Lipinski definition) is 4. The third kappa shape index (κ3) is 4.02. The summed E-state index contributed by atoms with van der Waals surface area (Å²) in [5.74, 6) is 0.953. The highest BCUT2D eigenvalue weighted by atomic mass is 16.5. The molecule has 4 heteroatoms. The largest absolute Gasteiger partial charge is 0.464 e. The number of carbonyl (C=O) groups excluding carboxylic acids is 1. The van der Waals surface area contributed by atoms with Gasteiger partial charge >= 0.3 is 5.97 Å². The summed E-state index contributed by atoms with van der Waals surface area (Å²) in [6.45, 7) is 10.3. The Hall–Kier alpha value is -1.65. The number of esters is 1. The van der Waals surface area contributed by atoms with E-state index in [0.29, 0.717) is 37.5 Å². The smallest absolute Gasteiger partial charge is 0.320 e. The van der Waals surface area contributed by atoms with Crippen molar-refractivity contribution in [1.82, 2.24) is 4.90 Å². The van der Waals surface area contributed by atoms with Crippen LogP contribution in [-0.4, -0.2) is 43.7 Å². The van der Waals surface area contributed by atoms with Crippen LogP contribution < -0.4 is 0 Å². The van der Waals surface area contributed by atoms with Crippen molar-refractivity contribution in [3.63, 3.8) is 0 Å². The summed E-state index contributed by atoms with van der Waals surface area (Å²) < 4.78 is 12.4. The van der Waals surface area contributed by atoms with Crippen LogP contribution in [0.25, 0.3) is 0 Å². The van der Waals surface area contributed by atoms with E-state index in [1.54, 1.807) is 0 Å². The van der Waals surface area contributed by atoms with E-state index in [9.17, 15) is 4.79 Å². The van der Waals surface area contributed by atoms with E-state index in [-0.39, 0.29) is 17.5 Å². The molecule has 0 aromatic heterocycles. The number of benzene rings is 1. The minimum atomic E-state index is -0.146. The predicted molar refractivity (Wildman–Crippen MR) is 114 cm³/mol. The summed E-state index contributed by atoms with van der Waals surface area (Å²) in [4.78, 5) is 14.8. The van der Waals surface area contributed by atoms with Crippen molar-refractivity contribution >= 4 is 5.97 Å². The summed E-state index contributed by atoms with van der Waals surface area (Å²) in [6, 6.07) is 10.5. The highest BCUT2D eigenvalue weighted by Gasteiger charge is 2.54. The number of rotatable bonds is 5. The van der Waals surface area contributed by atoms with Crippen molar-refractivity contribution in [2.24, 2.45) is 23.2 Å². The average Bonchev–Trinajstić information content (AvgIpc) is 2.73. The number of piperidine rings is 1. The lowest BCUT2D eigenvalue weighted by molar-refractivity contribution is -0.182. The van der Waals surface area contributed by atoms with Gasteiger partial charge in [-0.05, 0) is 50.3 Å². The van der Waals surface area contributed by atoms with Crippen molar-refractivity contribution in [3.8, 4) is 0 Å². The van der Waals surface area contributed by atoms with Gasteiger partial charge < -0.3 is 9.47 Å². The Morgan fingerprint density at radius 2 is 1.90 bits per heavy atom. The van der Waals surface area contributed by atoms with Crippen molar-refractivity contribution in [2.75, 3.05) is 32.8 Å². The van der Waals surface area contributed by atoms with E-state index in [1.165, 1.54) is 30.4 Å². The number of hydrogen-bond donors (Lipinski definition) is 0. The first-order valence-corrected chi connectivity index (χ1v) is 11.2. The van der Waals surface area contributed by atoms with Crippen LogP contribution in [0.4, 0.5) is 0 Å². The van der Waals surface area contributed by atoms with Gasteiger partial charge in [-0.15, -0.1) is 0 Å². The molecule has 1 aromatic carbocycles. The quantitative estimate of drug-likeness (QED) is 0.537. The van der Waals surface area contributed by atoms with Crippen LogP contribution in [0.3, 0.4) is 0 Å². The maximum Gasteiger partial charge on any atom is 0.320 e. The molecule has 2 bridgehead atoms. The summed E-state index contributed by atoms with van der Waals surface area (Å²) in [7, 11) is 0. The maximum atomic E-state index is 12.6. The minimum absolute atomic E-state index is 0.0760. The molecular weight excluding hydrogens is 362 g/mol. The Morgan fingerprint density at radius 3 is 2.62 bits per heavy atom. The zero-order valence-electron chi connectivity index (χ0n) is 18.1. The molecule has 0 N–H and O–H groups in total. The molecule has 1 aliphatic carbocycles. The highest BCUT2D eigenvalue weighted by Crippen LogP contribution is 2.56. The molecule has 0 saturated carbocycles. The molecule has 158 valence electrons. The van der Waals surface area contributed by atoms with E-state index in [0.717, 1.165) is 13.1 Å². The molecule has 0 spiro atoms. The fourth-order valence-electron chi connectivity index (χ4n) is 5.76. The number of fused-ring (bicyclic) bond motifs is 2. The zero-order chi connectivity index (χ0) is 20.4. The van der Waals surface area contributed by atoms with Crippen LogP contribution in [-0.2, 0) is 14.3 Å². The Balaban J connectivity index is 1.47.